The smallest absolute Gasteiger partial charge is 0.278 e. The maximum absolute atomic E-state index is 13.5. The lowest BCUT2D eigenvalue weighted by Gasteiger charge is -2.49. The van der Waals surface area contributed by atoms with Gasteiger partial charge in [-0.3, -0.25) is 24.1 Å². The van der Waals surface area contributed by atoms with Crippen LogP contribution in [-0.4, -0.2) is 58.5 Å². The van der Waals surface area contributed by atoms with E-state index in [1.807, 2.05) is 5.01 Å². The molecule has 0 radical (unpaired) electrons. The van der Waals surface area contributed by atoms with Gasteiger partial charge in [-0.25, -0.2) is 4.39 Å². The van der Waals surface area contributed by atoms with Crippen molar-refractivity contribution < 1.29 is 23.8 Å². The van der Waals surface area contributed by atoms with E-state index >= 15 is 0 Å². The monoisotopic (exact) mass is 484 g/mol. The van der Waals surface area contributed by atoms with E-state index in [-0.39, 0.29) is 35.9 Å². The number of pyridine rings is 1. The predicted octanol–water partition coefficient (Wildman–Crippen LogP) is 2.01. The fraction of sp³-hybridized carbons (Fsp3) is 0.480. The number of piperidine rings is 1. The lowest BCUT2D eigenvalue weighted by molar-refractivity contribution is 0.0258. The van der Waals surface area contributed by atoms with Crippen LogP contribution in [0.3, 0.4) is 0 Å². The molecule has 2 amide bonds. The summed E-state index contributed by atoms with van der Waals surface area (Å²) in [6, 6.07) is 4.24. The van der Waals surface area contributed by atoms with Crippen molar-refractivity contribution in [1.29, 1.82) is 0 Å². The van der Waals surface area contributed by atoms with Gasteiger partial charge >= 0.3 is 0 Å². The largest absolute Gasteiger partial charge is 0.502 e. The third-order valence-corrected chi connectivity index (χ3v) is 7.12. The zero-order chi connectivity index (χ0) is 24.7. The van der Waals surface area contributed by atoms with Crippen LogP contribution in [0.4, 0.5) is 4.39 Å². The number of aromatic nitrogens is 1. The maximum Gasteiger partial charge on any atom is 0.278 e. The number of ether oxygens (including phenoxy) is 1. The summed E-state index contributed by atoms with van der Waals surface area (Å²) >= 11 is 0. The van der Waals surface area contributed by atoms with Crippen LogP contribution in [0.25, 0.3) is 0 Å². The zero-order valence-corrected chi connectivity index (χ0v) is 19.6. The molecular weight excluding hydrogens is 455 g/mol. The number of halogens is 1. The molecule has 3 aliphatic heterocycles. The van der Waals surface area contributed by atoms with E-state index in [2.05, 4.69) is 5.32 Å². The number of hydrogen-bond donors (Lipinski definition) is 2. The molecule has 0 saturated carbocycles. The lowest BCUT2D eigenvalue weighted by atomic mass is 10.0. The van der Waals surface area contributed by atoms with Crippen molar-refractivity contribution in [2.45, 2.75) is 57.8 Å². The first-order valence-electron chi connectivity index (χ1n) is 12.1. The lowest BCUT2D eigenvalue weighted by Crippen LogP contribution is -2.64. The highest BCUT2D eigenvalue weighted by Crippen LogP contribution is 2.31. The highest BCUT2D eigenvalue weighted by atomic mass is 19.1. The van der Waals surface area contributed by atoms with E-state index < -0.39 is 23.0 Å². The minimum atomic E-state index is -0.898. The van der Waals surface area contributed by atoms with Crippen molar-refractivity contribution in [2.24, 2.45) is 0 Å². The Bertz CT molecular complexity index is 1220. The highest BCUT2D eigenvalue weighted by molar-refractivity contribution is 5.99. The first-order valence-corrected chi connectivity index (χ1v) is 12.1. The summed E-state index contributed by atoms with van der Waals surface area (Å²) in [5.41, 5.74) is 0.0970. The minimum absolute atomic E-state index is 0.0666. The molecule has 3 aliphatic rings. The second-order valence-corrected chi connectivity index (χ2v) is 9.40. The summed E-state index contributed by atoms with van der Waals surface area (Å²) in [6.07, 6.45) is 5.43. The predicted molar refractivity (Wildman–Crippen MR) is 125 cm³/mol. The SMILES string of the molecule is Cc1cc(F)ccc1CNC(=O)c1cn2c(c(O)c1=O)C(=O)N(C[C@@H]1CCCO1)[C@@H]1CCCCN12. The molecule has 1 aromatic heterocycles. The molecule has 0 spiro atoms. The van der Waals surface area contributed by atoms with Gasteiger partial charge in [0.1, 0.15) is 17.5 Å². The molecule has 9 nitrogen and oxygen atoms in total. The second-order valence-electron chi connectivity index (χ2n) is 9.40. The summed E-state index contributed by atoms with van der Waals surface area (Å²) in [4.78, 5) is 41.1. The average Bonchev–Trinajstić information content (AvgIpc) is 3.36. The van der Waals surface area contributed by atoms with Gasteiger partial charge in [-0.05, 0) is 62.3 Å². The third kappa shape index (κ3) is 4.27. The van der Waals surface area contributed by atoms with Crippen LogP contribution in [-0.2, 0) is 11.3 Å². The number of benzene rings is 1. The molecule has 5 rings (SSSR count). The molecule has 35 heavy (non-hydrogen) atoms. The number of carbonyl (C=O) groups is 2. The topological polar surface area (TPSA) is 104 Å². The van der Waals surface area contributed by atoms with Crippen molar-refractivity contribution in [1.82, 2.24) is 14.9 Å². The Morgan fingerprint density at radius 3 is 2.80 bits per heavy atom. The van der Waals surface area contributed by atoms with Crippen molar-refractivity contribution in [3.8, 4) is 5.75 Å². The van der Waals surface area contributed by atoms with Crippen molar-refractivity contribution >= 4 is 11.8 Å². The van der Waals surface area contributed by atoms with Crippen LogP contribution in [0.15, 0.2) is 29.2 Å². The first kappa shape index (κ1) is 23.3. The van der Waals surface area contributed by atoms with E-state index in [4.69, 9.17) is 4.74 Å². The standard InChI is InChI=1S/C25H29FN4O5/c1-15-11-17(26)8-7-16(15)12-27-24(33)19-14-30-21(23(32)22(19)31)25(34)28(13-18-5-4-10-35-18)20-6-2-3-9-29(20)30/h7-8,11,14,18,20,32H,2-6,9-10,12-13H2,1H3,(H,27,33)/t18-,20-/m0/s1. The summed E-state index contributed by atoms with van der Waals surface area (Å²) in [7, 11) is 0. The fourth-order valence-electron chi connectivity index (χ4n) is 5.23. The molecule has 2 aromatic rings. The van der Waals surface area contributed by atoms with Gasteiger partial charge in [0.15, 0.2) is 11.4 Å². The number of fused-ring (bicyclic) bond motifs is 3. The Kier molecular flexibility index (Phi) is 6.22. The van der Waals surface area contributed by atoms with Gasteiger partial charge in [0.05, 0.1) is 6.10 Å². The number of rotatable bonds is 5. The van der Waals surface area contributed by atoms with Crippen LogP contribution in [0.5, 0.6) is 5.75 Å². The molecule has 2 N–H and O–H groups in total. The molecule has 0 aliphatic carbocycles. The Labute approximate surface area is 202 Å². The third-order valence-electron chi connectivity index (χ3n) is 7.12. The highest BCUT2D eigenvalue weighted by Gasteiger charge is 2.42. The van der Waals surface area contributed by atoms with Gasteiger partial charge in [0.25, 0.3) is 11.8 Å². The molecule has 2 atom stereocenters. The Hall–Kier alpha value is -3.40. The molecule has 2 saturated heterocycles. The van der Waals surface area contributed by atoms with Gasteiger partial charge in [0.2, 0.25) is 5.43 Å². The van der Waals surface area contributed by atoms with Gasteiger partial charge in [-0.15, -0.1) is 0 Å². The number of aryl methyl sites for hydroxylation is 1. The van der Waals surface area contributed by atoms with E-state index in [0.29, 0.717) is 30.8 Å². The summed E-state index contributed by atoms with van der Waals surface area (Å²) in [5.74, 6) is -2.22. The van der Waals surface area contributed by atoms with Crippen LogP contribution in [0, 0.1) is 12.7 Å². The minimum Gasteiger partial charge on any atom is -0.502 e. The molecule has 1 aromatic carbocycles. The van der Waals surface area contributed by atoms with Crippen LogP contribution in [0.1, 0.15) is 64.1 Å². The Balaban J connectivity index is 1.46. The summed E-state index contributed by atoms with van der Waals surface area (Å²) in [6.45, 7) is 3.50. The Morgan fingerprint density at radius 2 is 2.06 bits per heavy atom. The molecule has 4 heterocycles. The molecule has 10 heteroatoms. The molecule has 0 bridgehead atoms. The van der Waals surface area contributed by atoms with Gasteiger partial charge < -0.3 is 20.1 Å². The average molecular weight is 485 g/mol. The maximum atomic E-state index is 13.5. The second kappa shape index (κ2) is 9.33. The number of nitrogens with one attached hydrogen (secondary N) is 1. The van der Waals surface area contributed by atoms with Crippen LogP contribution in [0.2, 0.25) is 0 Å². The first-order chi connectivity index (χ1) is 16.8. The number of carbonyl (C=O) groups excluding carboxylic acids is 2. The molecule has 0 unspecified atom stereocenters. The fourth-order valence-corrected chi connectivity index (χ4v) is 5.23. The zero-order valence-electron chi connectivity index (χ0n) is 19.6. The summed E-state index contributed by atoms with van der Waals surface area (Å²) < 4.78 is 20.6. The van der Waals surface area contributed by atoms with E-state index in [9.17, 15) is 23.9 Å². The van der Waals surface area contributed by atoms with E-state index in [1.54, 1.807) is 17.9 Å². The van der Waals surface area contributed by atoms with Crippen LogP contribution >= 0.6 is 0 Å². The number of nitrogens with zero attached hydrogens (tertiary/aromatic N) is 3. The molecule has 2 fully saturated rings. The quantitative estimate of drug-likeness (QED) is 0.673. The van der Waals surface area contributed by atoms with Crippen molar-refractivity contribution in [2.75, 3.05) is 24.7 Å². The van der Waals surface area contributed by atoms with Gasteiger partial charge in [0, 0.05) is 32.4 Å². The van der Waals surface area contributed by atoms with E-state index in [0.717, 1.165) is 32.1 Å². The molecular formula is C25H29FN4O5. The van der Waals surface area contributed by atoms with Gasteiger partial charge in [-0.1, -0.05) is 6.07 Å². The number of aromatic hydroxyl groups is 1. The number of amides is 2. The van der Waals surface area contributed by atoms with Crippen molar-refractivity contribution in [3.63, 3.8) is 0 Å². The van der Waals surface area contributed by atoms with Crippen LogP contribution < -0.4 is 15.8 Å². The van der Waals surface area contributed by atoms with Gasteiger partial charge in [-0.2, -0.15) is 0 Å². The normalized spacial score (nSPS) is 21.6. The van der Waals surface area contributed by atoms with Crippen molar-refractivity contribution in [3.05, 3.63) is 62.8 Å². The molecule has 186 valence electrons. The van der Waals surface area contributed by atoms with E-state index in [1.165, 1.54) is 23.0 Å². The summed E-state index contributed by atoms with van der Waals surface area (Å²) in [5, 5.41) is 15.4. The number of hydrogen-bond acceptors (Lipinski definition) is 6. The Morgan fingerprint density at radius 1 is 1.23 bits per heavy atom.